The number of ether oxygens (including phenoxy) is 1. The molecule has 0 spiro atoms. The number of nitrogens with one attached hydrogen (secondary N) is 1. The van der Waals surface area contributed by atoms with Crippen molar-refractivity contribution in [2.45, 2.75) is 6.23 Å². The Morgan fingerprint density at radius 2 is 2.56 bits per heavy atom. The average Bonchev–Trinajstić information content (AvgIpc) is 2.71. The number of hydrogen-bond donors (Lipinski definition) is 1. The average molecular weight is 126 g/mol. The Bertz CT molecular complexity index is 131. The maximum Gasteiger partial charge on any atom is 0.154 e. The predicted octanol–water partition coefficient (Wildman–Crippen LogP) is -0.281. The van der Waals surface area contributed by atoms with Crippen LogP contribution in [-0.2, 0) is 4.74 Å². The van der Waals surface area contributed by atoms with Gasteiger partial charge in [0.05, 0.1) is 13.3 Å². The summed E-state index contributed by atoms with van der Waals surface area (Å²) >= 11 is 0. The van der Waals surface area contributed by atoms with E-state index in [1.807, 2.05) is 0 Å². The van der Waals surface area contributed by atoms with Gasteiger partial charge in [-0.15, -0.1) is 0 Å². The lowest BCUT2D eigenvalue weighted by atomic mass is 10.5. The Morgan fingerprint density at radius 3 is 3.11 bits per heavy atom. The van der Waals surface area contributed by atoms with Crippen molar-refractivity contribution < 1.29 is 4.74 Å². The maximum absolute atomic E-state index is 5.08. The molecule has 0 bridgehead atoms. The first kappa shape index (κ1) is 5.26. The highest BCUT2D eigenvalue weighted by Gasteiger charge is 2.28. The maximum atomic E-state index is 5.08. The molecule has 0 aliphatic carbocycles. The molecule has 0 aromatic carbocycles. The Kier molecular flexibility index (Phi) is 1.17. The molecule has 1 saturated heterocycles. The fourth-order valence-electron chi connectivity index (χ4n) is 0.950. The van der Waals surface area contributed by atoms with E-state index in [2.05, 4.69) is 22.5 Å². The Morgan fingerprint density at radius 1 is 1.67 bits per heavy atom. The molecule has 0 saturated carbocycles. The highest BCUT2D eigenvalue weighted by Crippen LogP contribution is 2.15. The number of rotatable bonds is 1. The van der Waals surface area contributed by atoms with Crippen LogP contribution >= 0.6 is 0 Å². The van der Waals surface area contributed by atoms with Gasteiger partial charge >= 0.3 is 0 Å². The molecule has 1 fully saturated rings. The van der Waals surface area contributed by atoms with Gasteiger partial charge in [0.25, 0.3) is 0 Å². The molecule has 3 nitrogen and oxygen atoms in total. The van der Waals surface area contributed by atoms with E-state index in [9.17, 15) is 0 Å². The van der Waals surface area contributed by atoms with Crippen molar-refractivity contribution in [3.63, 3.8) is 0 Å². The lowest BCUT2D eigenvalue weighted by Crippen LogP contribution is -2.35. The highest BCUT2D eigenvalue weighted by molar-refractivity contribution is 4.92. The molecule has 3 heteroatoms. The minimum atomic E-state index is 0.369. The van der Waals surface area contributed by atoms with Crippen molar-refractivity contribution in [1.29, 1.82) is 0 Å². The van der Waals surface area contributed by atoms with Crippen molar-refractivity contribution in [3.8, 4) is 0 Å². The van der Waals surface area contributed by atoms with Crippen LogP contribution in [0.4, 0.5) is 0 Å². The summed E-state index contributed by atoms with van der Waals surface area (Å²) in [5, 5.41) is 3.22. The number of epoxide rings is 1. The van der Waals surface area contributed by atoms with Gasteiger partial charge in [0.1, 0.15) is 0 Å². The van der Waals surface area contributed by atoms with E-state index in [1.54, 1.807) is 0 Å². The Balaban J connectivity index is 1.94. The van der Waals surface area contributed by atoms with Crippen LogP contribution in [-0.4, -0.2) is 30.9 Å². The van der Waals surface area contributed by atoms with Gasteiger partial charge in [-0.1, -0.05) is 6.08 Å². The summed E-state index contributed by atoms with van der Waals surface area (Å²) in [4.78, 5) is 2.16. The summed E-state index contributed by atoms with van der Waals surface area (Å²) in [7, 11) is 0. The van der Waals surface area contributed by atoms with E-state index in [0.29, 0.717) is 6.23 Å². The molecule has 1 atom stereocenters. The first-order chi connectivity index (χ1) is 4.47. The molecule has 0 aromatic rings. The summed E-state index contributed by atoms with van der Waals surface area (Å²) in [5.74, 6) is 0. The zero-order valence-electron chi connectivity index (χ0n) is 5.21. The van der Waals surface area contributed by atoms with E-state index in [1.165, 1.54) is 0 Å². The first-order valence-corrected chi connectivity index (χ1v) is 3.21. The van der Waals surface area contributed by atoms with Gasteiger partial charge in [0.2, 0.25) is 0 Å². The molecule has 2 rings (SSSR count). The summed E-state index contributed by atoms with van der Waals surface area (Å²) in [6.07, 6.45) is 4.56. The normalized spacial score (nSPS) is 32.9. The third-order valence-electron chi connectivity index (χ3n) is 1.54. The molecule has 0 radical (unpaired) electrons. The van der Waals surface area contributed by atoms with Crippen LogP contribution in [0.3, 0.4) is 0 Å². The second kappa shape index (κ2) is 2.01. The predicted molar refractivity (Wildman–Crippen MR) is 33.6 cm³/mol. The van der Waals surface area contributed by atoms with Gasteiger partial charge in [-0.2, -0.15) is 0 Å². The van der Waals surface area contributed by atoms with Crippen molar-refractivity contribution >= 4 is 0 Å². The van der Waals surface area contributed by atoms with E-state index >= 15 is 0 Å². The van der Waals surface area contributed by atoms with Crippen LogP contribution < -0.4 is 5.32 Å². The van der Waals surface area contributed by atoms with Crippen molar-refractivity contribution in [1.82, 2.24) is 10.2 Å². The molecule has 1 N–H and O–H groups in total. The molecule has 2 aliphatic rings. The van der Waals surface area contributed by atoms with Gasteiger partial charge < -0.3 is 9.64 Å². The fourth-order valence-corrected chi connectivity index (χ4v) is 0.950. The second-order valence-corrected chi connectivity index (χ2v) is 2.30. The SMILES string of the molecule is C1=CN(C2CO2)CNC1. The van der Waals surface area contributed by atoms with Gasteiger partial charge in [-0.25, -0.2) is 0 Å². The van der Waals surface area contributed by atoms with Crippen molar-refractivity contribution in [2.75, 3.05) is 19.8 Å². The minimum absolute atomic E-state index is 0.369. The van der Waals surface area contributed by atoms with Crippen LogP contribution in [0.2, 0.25) is 0 Å². The zero-order valence-corrected chi connectivity index (χ0v) is 5.21. The molecule has 9 heavy (non-hydrogen) atoms. The molecular formula is C6H10N2O. The highest BCUT2D eigenvalue weighted by atomic mass is 16.6. The molecule has 0 aromatic heterocycles. The molecule has 2 aliphatic heterocycles. The molecule has 1 unspecified atom stereocenters. The van der Waals surface area contributed by atoms with E-state index in [-0.39, 0.29) is 0 Å². The molecule has 0 amide bonds. The van der Waals surface area contributed by atoms with E-state index in [0.717, 1.165) is 19.8 Å². The zero-order chi connectivity index (χ0) is 6.10. The standard InChI is InChI=1S/C6H10N2O/c1-2-7-5-8(3-1)6-4-9-6/h1,3,6-7H,2,4-5H2. The topological polar surface area (TPSA) is 27.8 Å². The number of nitrogens with zero attached hydrogens (tertiary/aromatic N) is 1. The minimum Gasteiger partial charge on any atom is -0.351 e. The van der Waals surface area contributed by atoms with Crippen LogP contribution in [0.1, 0.15) is 0 Å². The Hall–Kier alpha value is -0.540. The van der Waals surface area contributed by atoms with Crippen LogP contribution in [0.5, 0.6) is 0 Å². The van der Waals surface area contributed by atoms with Crippen LogP contribution in [0, 0.1) is 0 Å². The quantitative estimate of drug-likeness (QED) is 0.490. The van der Waals surface area contributed by atoms with Crippen molar-refractivity contribution in [2.24, 2.45) is 0 Å². The largest absolute Gasteiger partial charge is 0.351 e. The summed E-state index contributed by atoms with van der Waals surface area (Å²) in [5.41, 5.74) is 0. The van der Waals surface area contributed by atoms with Crippen LogP contribution in [0.25, 0.3) is 0 Å². The van der Waals surface area contributed by atoms with Crippen molar-refractivity contribution in [3.05, 3.63) is 12.3 Å². The molecule has 2 heterocycles. The Labute approximate surface area is 54.3 Å². The summed E-state index contributed by atoms with van der Waals surface area (Å²) in [6.45, 7) is 2.82. The van der Waals surface area contributed by atoms with E-state index < -0.39 is 0 Å². The third kappa shape index (κ3) is 1.06. The van der Waals surface area contributed by atoms with Crippen LogP contribution in [0.15, 0.2) is 12.3 Å². The summed E-state index contributed by atoms with van der Waals surface area (Å²) in [6, 6.07) is 0. The summed E-state index contributed by atoms with van der Waals surface area (Å²) < 4.78 is 5.08. The van der Waals surface area contributed by atoms with E-state index in [4.69, 9.17) is 4.74 Å². The fraction of sp³-hybridized carbons (Fsp3) is 0.667. The molecular weight excluding hydrogens is 116 g/mol. The number of hydrogen-bond acceptors (Lipinski definition) is 3. The molecule has 50 valence electrons. The monoisotopic (exact) mass is 126 g/mol. The second-order valence-electron chi connectivity index (χ2n) is 2.30. The van der Waals surface area contributed by atoms with Gasteiger partial charge in [0, 0.05) is 12.7 Å². The first-order valence-electron chi connectivity index (χ1n) is 3.21. The lowest BCUT2D eigenvalue weighted by Gasteiger charge is -2.21. The third-order valence-corrected chi connectivity index (χ3v) is 1.54. The van der Waals surface area contributed by atoms with Gasteiger partial charge in [-0.3, -0.25) is 5.32 Å². The van der Waals surface area contributed by atoms with Gasteiger partial charge in [-0.05, 0) is 0 Å². The lowest BCUT2D eigenvalue weighted by molar-refractivity contribution is 0.218. The smallest absolute Gasteiger partial charge is 0.154 e. The van der Waals surface area contributed by atoms with Gasteiger partial charge in [0.15, 0.2) is 6.23 Å².